The Hall–Kier alpha value is -2.90. The van der Waals surface area contributed by atoms with Crippen molar-refractivity contribution in [3.05, 3.63) is 29.8 Å². The Balaban J connectivity index is 1.66. The van der Waals surface area contributed by atoms with Crippen LogP contribution in [0.15, 0.2) is 24.3 Å². The number of rotatable bonds is 9. The Morgan fingerprint density at radius 2 is 1.96 bits per heavy atom. The first-order chi connectivity index (χ1) is 12.9. The molecule has 0 bridgehead atoms. The molecular formula is C19H25N3O5. The molecule has 0 saturated carbocycles. The maximum Gasteiger partial charge on any atom is 0.324 e. The average Bonchev–Trinajstić information content (AvgIpc) is 2.98. The van der Waals surface area contributed by atoms with Crippen molar-refractivity contribution in [1.82, 2.24) is 10.2 Å². The minimum atomic E-state index is -0.552. The normalized spacial score (nSPS) is 14.7. The second kappa shape index (κ2) is 9.70. The third-order valence-corrected chi connectivity index (χ3v) is 4.44. The van der Waals surface area contributed by atoms with Crippen molar-refractivity contribution in [1.29, 1.82) is 0 Å². The smallest absolute Gasteiger partial charge is 0.324 e. The summed E-state index contributed by atoms with van der Waals surface area (Å²) in [5.74, 6) is -0.831. The number of hydrogen-bond donors (Lipinski definition) is 2. The van der Waals surface area contributed by atoms with Gasteiger partial charge in [-0.25, -0.2) is 4.79 Å². The maximum absolute atomic E-state index is 11.9. The largest absolute Gasteiger partial charge is 0.456 e. The quantitative estimate of drug-likeness (QED) is 0.507. The summed E-state index contributed by atoms with van der Waals surface area (Å²) in [6.45, 7) is 4.01. The third-order valence-electron chi connectivity index (χ3n) is 4.44. The van der Waals surface area contributed by atoms with Crippen molar-refractivity contribution < 1.29 is 23.9 Å². The lowest BCUT2D eigenvalue weighted by molar-refractivity contribution is -0.147. The molecule has 0 aliphatic carbocycles. The number of hydrogen-bond acceptors (Lipinski definition) is 5. The van der Waals surface area contributed by atoms with Crippen LogP contribution in [0.3, 0.4) is 0 Å². The number of ether oxygens (including phenoxy) is 1. The Kier molecular flexibility index (Phi) is 7.34. The van der Waals surface area contributed by atoms with Gasteiger partial charge < -0.3 is 15.4 Å². The first-order valence-corrected chi connectivity index (χ1v) is 9.04. The van der Waals surface area contributed by atoms with Crippen LogP contribution in [-0.2, 0) is 19.1 Å². The highest BCUT2D eigenvalue weighted by atomic mass is 16.5. The molecule has 146 valence electrons. The van der Waals surface area contributed by atoms with Crippen LogP contribution in [-0.4, -0.2) is 48.4 Å². The number of benzene rings is 1. The van der Waals surface area contributed by atoms with E-state index < -0.39 is 17.9 Å². The van der Waals surface area contributed by atoms with E-state index in [2.05, 4.69) is 24.5 Å². The molecule has 0 unspecified atom stereocenters. The number of carbonyl (C=O) groups is 4. The zero-order chi connectivity index (χ0) is 19.8. The minimum Gasteiger partial charge on any atom is -0.456 e. The number of carbonyl (C=O) groups excluding carboxylic acids is 4. The highest BCUT2D eigenvalue weighted by Crippen LogP contribution is 2.20. The number of esters is 1. The molecular weight excluding hydrogens is 350 g/mol. The van der Waals surface area contributed by atoms with Crippen molar-refractivity contribution in [3.8, 4) is 0 Å². The van der Waals surface area contributed by atoms with Crippen LogP contribution in [0.5, 0.6) is 0 Å². The van der Waals surface area contributed by atoms with Gasteiger partial charge in [0.25, 0.3) is 5.91 Å². The van der Waals surface area contributed by atoms with Crippen molar-refractivity contribution in [2.24, 2.45) is 0 Å². The number of nitrogens with one attached hydrogen (secondary N) is 2. The molecule has 1 saturated heterocycles. The molecule has 0 spiro atoms. The average molecular weight is 375 g/mol. The van der Waals surface area contributed by atoms with E-state index in [0.29, 0.717) is 11.6 Å². The molecule has 1 fully saturated rings. The fraction of sp³-hybridized carbons (Fsp3) is 0.474. The lowest BCUT2D eigenvalue weighted by atomic mass is 9.99. The van der Waals surface area contributed by atoms with Crippen molar-refractivity contribution in [2.75, 3.05) is 25.0 Å². The van der Waals surface area contributed by atoms with Crippen LogP contribution in [0.1, 0.15) is 44.6 Å². The number of urea groups is 1. The zero-order valence-electron chi connectivity index (χ0n) is 15.6. The molecule has 1 aliphatic heterocycles. The fourth-order valence-corrected chi connectivity index (χ4v) is 2.61. The van der Waals surface area contributed by atoms with Crippen molar-refractivity contribution in [3.63, 3.8) is 0 Å². The molecule has 2 N–H and O–H groups in total. The Bertz CT molecular complexity index is 686. The van der Waals surface area contributed by atoms with Crippen LogP contribution < -0.4 is 10.6 Å². The number of amides is 4. The van der Waals surface area contributed by atoms with Crippen molar-refractivity contribution in [2.45, 2.75) is 39.0 Å². The topological polar surface area (TPSA) is 105 Å². The number of anilines is 1. The van der Waals surface area contributed by atoms with E-state index in [0.717, 1.165) is 11.3 Å². The van der Waals surface area contributed by atoms with Gasteiger partial charge in [-0.2, -0.15) is 0 Å². The molecule has 2 rings (SSSR count). The second-order valence-corrected chi connectivity index (χ2v) is 6.45. The lowest BCUT2D eigenvalue weighted by Crippen LogP contribution is -2.32. The molecule has 4 amide bonds. The first kappa shape index (κ1) is 20.4. The minimum absolute atomic E-state index is 0.0121. The summed E-state index contributed by atoms with van der Waals surface area (Å²) in [4.78, 5) is 47.4. The van der Waals surface area contributed by atoms with Gasteiger partial charge in [-0.3, -0.25) is 19.3 Å². The summed E-state index contributed by atoms with van der Waals surface area (Å²) in [7, 11) is 0. The summed E-state index contributed by atoms with van der Waals surface area (Å²) in [6.07, 6.45) is 1.35. The van der Waals surface area contributed by atoms with Crippen LogP contribution in [0.25, 0.3) is 0 Å². The van der Waals surface area contributed by atoms with E-state index in [1.54, 1.807) is 0 Å². The first-order valence-electron chi connectivity index (χ1n) is 9.04. The Labute approximate surface area is 158 Å². The van der Waals surface area contributed by atoms with Crippen LogP contribution in [0.2, 0.25) is 0 Å². The fourth-order valence-electron chi connectivity index (χ4n) is 2.61. The van der Waals surface area contributed by atoms with E-state index >= 15 is 0 Å². The number of nitrogens with zero attached hydrogens (tertiary/aromatic N) is 1. The molecule has 1 atom stereocenters. The molecule has 1 aliphatic rings. The zero-order valence-corrected chi connectivity index (χ0v) is 15.6. The van der Waals surface area contributed by atoms with E-state index in [4.69, 9.17) is 4.74 Å². The molecule has 1 aromatic carbocycles. The third kappa shape index (κ3) is 6.09. The highest BCUT2D eigenvalue weighted by Gasteiger charge is 2.27. The van der Waals surface area contributed by atoms with E-state index in [9.17, 15) is 19.2 Å². The van der Waals surface area contributed by atoms with Gasteiger partial charge in [-0.15, -0.1) is 0 Å². The molecule has 8 nitrogen and oxygen atoms in total. The molecule has 8 heteroatoms. The van der Waals surface area contributed by atoms with Crippen LogP contribution >= 0.6 is 0 Å². The number of imide groups is 1. The molecule has 1 heterocycles. The van der Waals surface area contributed by atoms with E-state index in [-0.39, 0.29) is 38.4 Å². The maximum atomic E-state index is 11.9. The second-order valence-electron chi connectivity index (χ2n) is 6.45. The predicted octanol–water partition coefficient (Wildman–Crippen LogP) is 2.01. The summed E-state index contributed by atoms with van der Waals surface area (Å²) in [5, 5.41) is 5.07. The summed E-state index contributed by atoms with van der Waals surface area (Å²) in [6, 6.07) is 7.11. The van der Waals surface area contributed by atoms with Gasteiger partial charge in [-0.05, 0) is 36.5 Å². The van der Waals surface area contributed by atoms with Crippen molar-refractivity contribution >= 4 is 29.5 Å². The van der Waals surface area contributed by atoms with Crippen LogP contribution in [0, 0.1) is 0 Å². The Morgan fingerprint density at radius 1 is 1.26 bits per heavy atom. The lowest BCUT2D eigenvalue weighted by Gasteiger charge is -2.12. The SMILES string of the molecule is CC[C@H](C)c1ccc(NC(=O)COC(=O)CCCN2C(=O)CNC2=O)cc1. The van der Waals surface area contributed by atoms with Gasteiger partial charge in [0.1, 0.15) is 0 Å². The standard InChI is InChI=1S/C19H25N3O5/c1-3-13(2)14-6-8-15(9-7-14)21-16(23)12-27-18(25)5-4-10-22-17(24)11-20-19(22)26/h6-9,13H,3-5,10-12H2,1-2H3,(H,20,26)(H,21,23)/t13-/m0/s1. The monoisotopic (exact) mass is 375 g/mol. The predicted molar refractivity (Wildman–Crippen MR) is 99.1 cm³/mol. The molecule has 1 aromatic rings. The molecule has 27 heavy (non-hydrogen) atoms. The molecule has 0 radical (unpaired) electrons. The van der Waals surface area contributed by atoms with Crippen LogP contribution in [0.4, 0.5) is 10.5 Å². The van der Waals surface area contributed by atoms with Gasteiger partial charge in [0.05, 0.1) is 6.54 Å². The van der Waals surface area contributed by atoms with Gasteiger partial charge in [0.2, 0.25) is 5.91 Å². The van der Waals surface area contributed by atoms with Gasteiger partial charge in [0.15, 0.2) is 6.61 Å². The summed E-state index contributed by atoms with van der Waals surface area (Å²) >= 11 is 0. The van der Waals surface area contributed by atoms with E-state index in [1.807, 2.05) is 24.3 Å². The molecule has 0 aromatic heterocycles. The Morgan fingerprint density at radius 3 is 2.56 bits per heavy atom. The van der Waals surface area contributed by atoms with Gasteiger partial charge in [0, 0.05) is 18.7 Å². The van der Waals surface area contributed by atoms with Gasteiger partial charge >= 0.3 is 12.0 Å². The van der Waals surface area contributed by atoms with E-state index in [1.165, 1.54) is 5.56 Å². The summed E-state index contributed by atoms with van der Waals surface area (Å²) < 4.78 is 4.92. The van der Waals surface area contributed by atoms with Gasteiger partial charge in [-0.1, -0.05) is 26.0 Å². The highest BCUT2D eigenvalue weighted by molar-refractivity contribution is 6.01. The summed E-state index contributed by atoms with van der Waals surface area (Å²) in [5.41, 5.74) is 1.84.